The third-order valence-corrected chi connectivity index (χ3v) is 3.63. The summed E-state index contributed by atoms with van der Waals surface area (Å²) in [7, 11) is 1.60. The first kappa shape index (κ1) is 15.7. The molecule has 1 N–H and O–H groups in total. The molecule has 1 unspecified atom stereocenters. The smallest absolute Gasteiger partial charge is 0.307 e. The first-order chi connectivity index (χ1) is 9.02. The number of carboxylic acid groups (broad SMARTS) is 1. The number of carbonyl (C=O) groups excluding carboxylic acids is 1. The van der Waals surface area contributed by atoms with Crippen LogP contribution in [0.3, 0.4) is 0 Å². The predicted octanol–water partition coefficient (Wildman–Crippen LogP) is 1.54. The Bertz CT molecular complexity index is 353. The van der Waals surface area contributed by atoms with Gasteiger partial charge in [0, 0.05) is 13.7 Å². The highest BCUT2D eigenvalue weighted by molar-refractivity contribution is 5.85. The molecule has 5 nitrogen and oxygen atoms in total. The summed E-state index contributed by atoms with van der Waals surface area (Å²) in [5, 5.41) is 9.22. The maximum absolute atomic E-state index is 12.5. The number of nitrogens with zero attached hydrogens (tertiary/aromatic N) is 1. The molecule has 1 rings (SSSR count). The van der Waals surface area contributed by atoms with Crippen LogP contribution >= 0.6 is 0 Å². The van der Waals surface area contributed by atoms with Gasteiger partial charge in [-0.1, -0.05) is 12.2 Å². The summed E-state index contributed by atoms with van der Waals surface area (Å²) in [6.45, 7) is 4.84. The van der Waals surface area contributed by atoms with Crippen molar-refractivity contribution >= 4 is 11.9 Å². The molecule has 0 spiro atoms. The molecule has 5 heteroatoms. The van der Waals surface area contributed by atoms with Crippen LogP contribution in [0, 0.1) is 11.8 Å². The Kier molecular flexibility index (Phi) is 6.02. The Hall–Kier alpha value is -1.36. The molecule has 0 aromatic rings. The van der Waals surface area contributed by atoms with Crippen LogP contribution in [-0.2, 0) is 14.3 Å². The number of amides is 1. The van der Waals surface area contributed by atoms with Crippen LogP contribution in [0.4, 0.5) is 0 Å². The average molecular weight is 269 g/mol. The lowest BCUT2D eigenvalue weighted by atomic mass is 9.82. The van der Waals surface area contributed by atoms with E-state index in [1.54, 1.807) is 12.0 Å². The first-order valence-corrected chi connectivity index (χ1v) is 6.70. The Morgan fingerprint density at radius 3 is 2.42 bits per heavy atom. The quantitative estimate of drug-likeness (QED) is 0.743. The molecule has 0 radical (unpaired) electrons. The van der Waals surface area contributed by atoms with Gasteiger partial charge in [-0.25, -0.2) is 0 Å². The first-order valence-electron chi connectivity index (χ1n) is 6.70. The second-order valence-electron chi connectivity index (χ2n) is 4.92. The van der Waals surface area contributed by atoms with Gasteiger partial charge in [-0.2, -0.15) is 0 Å². The fourth-order valence-corrected chi connectivity index (χ4v) is 2.59. The van der Waals surface area contributed by atoms with Crippen LogP contribution in [0.25, 0.3) is 0 Å². The normalized spacial score (nSPS) is 23.9. The minimum absolute atomic E-state index is 0.0390. The zero-order valence-corrected chi connectivity index (χ0v) is 11.8. The Balaban J connectivity index is 2.83. The molecule has 1 aliphatic carbocycles. The van der Waals surface area contributed by atoms with E-state index in [-0.39, 0.29) is 11.9 Å². The van der Waals surface area contributed by atoms with Crippen molar-refractivity contribution in [1.29, 1.82) is 0 Å². The van der Waals surface area contributed by atoms with Gasteiger partial charge in [0.25, 0.3) is 0 Å². The minimum Gasteiger partial charge on any atom is -0.481 e. The van der Waals surface area contributed by atoms with Crippen molar-refractivity contribution in [3.05, 3.63) is 12.2 Å². The standard InChI is InChI=1S/C14H23NO4/c1-4-15(10(2)9-19-3)13(16)11-7-5-6-8-12(11)14(17)18/h5-6,10-12H,4,7-9H2,1-3H3,(H,17,18)/t10?,11-,12+/m1/s1. The lowest BCUT2D eigenvalue weighted by Crippen LogP contribution is -2.47. The molecule has 3 atom stereocenters. The van der Waals surface area contributed by atoms with Crippen molar-refractivity contribution in [3.8, 4) is 0 Å². The lowest BCUT2D eigenvalue weighted by molar-refractivity contribution is -0.151. The zero-order chi connectivity index (χ0) is 14.4. The molecule has 1 aliphatic rings. The van der Waals surface area contributed by atoms with Crippen LogP contribution in [0.5, 0.6) is 0 Å². The van der Waals surface area contributed by atoms with Crippen molar-refractivity contribution < 1.29 is 19.4 Å². The zero-order valence-electron chi connectivity index (χ0n) is 11.8. The van der Waals surface area contributed by atoms with Gasteiger partial charge >= 0.3 is 5.97 Å². The number of hydrogen-bond acceptors (Lipinski definition) is 3. The fraction of sp³-hybridized carbons (Fsp3) is 0.714. The second-order valence-corrected chi connectivity index (χ2v) is 4.92. The van der Waals surface area contributed by atoms with E-state index >= 15 is 0 Å². The summed E-state index contributed by atoms with van der Waals surface area (Å²) < 4.78 is 5.07. The fourth-order valence-electron chi connectivity index (χ4n) is 2.59. The molecule has 0 saturated heterocycles. The third kappa shape index (κ3) is 3.80. The lowest BCUT2D eigenvalue weighted by Gasteiger charge is -2.34. The van der Waals surface area contributed by atoms with Crippen molar-refractivity contribution in [2.75, 3.05) is 20.3 Å². The van der Waals surface area contributed by atoms with E-state index in [1.807, 2.05) is 26.0 Å². The molecule has 0 aromatic carbocycles. The van der Waals surface area contributed by atoms with Gasteiger partial charge in [0.15, 0.2) is 0 Å². The maximum Gasteiger partial charge on any atom is 0.307 e. The Labute approximate surface area is 114 Å². The Morgan fingerprint density at radius 2 is 1.95 bits per heavy atom. The van der Waals surface area contributed by atoms with E-state index in [2.05, 4.69) is 0 Å². The number of ether oxygens (including phenoxy) is 1. The molecule has 0 fully saturated rings. The topological polar surface area (TPSA) is 66.8 Å². The summed E-state index contributed by atoms with van der Waals surface area (Å²) in [4.78, 5) is 25.5. The van der Waals surface area contributed by atoms with Gasteiger partial charge in [0.1, 0.15) is 0 Å². The van der Waals surface area contributed by atoms with Crippen LogP contribution in [0.2, 0.25) is 0 Å². The van der Waals surface area contributed by atoms with Gasteiger partial charge in [0.2, 0.25) is 5.91 Å². The van der Waals surface area contributed by atoms with E-state index in [1.165, 1.54) is 0 Å². The van der Waals surface area contributed by atoms with Crippen molar-refractivity contribution in [2.45, 2.75) is 32.7 Å². The highest BCUT2D eigenvalue weighted by atomic mass is 16.5. The van der Waals surface area contributed by atoms with Gasteiger partial charge in [0.05, 0.1) is 24.5 Å². The highest BCUT2D eigenvalue weighted by Crippen LogP contribution is 2.28. The van der Waals surface area contributed by atoms with Crippen LogP contribution in [0.15, 0.2) is 12.2 Å². The summed E-state index contributed by atoms with van der Waals surface area (Å²) in [6.07, 6.45) is 4.68. The van der Waals surface area contributed by atoms with E-state index in [9.17, 15) is 14.7 Å². The van der Waals surface area contributed by atoms with E-state index in [4.69, 9.17) is 4.74 Å². The molecule has 0 heterocycles. The molecule has 0 aliphatic heterocycles. The predicted molar refractivity (Wildman–Crippen MR) is 71.7 cm³/mol. The summed E-state index contributed by atoms with van der Waals surface area (Å²) in [5.41, 5.74) is 0. The SMILES string of the molecule is CCN(C(=O)[C@@H]1CC=CC[C@@H]1C(=O)O)C(C)COC. The van der Waals surface area contributed by atoms with Gasteiger partial charge in [-0.3, -0.25) is 9.59 Å². The average Bonchev–Trinajstić information content (AvgIpc) is 2.39. The number of carbonyl (C=O) groups is 2. The largest absolute Gasteiger partial charge is 0.481 e. The van der Waals surface area contributed by atoms with Crippen LogP contribution in [0.1, 0.15) is 26.7 Å². The van der Waals surface area contributed by atoms with Crippen molar-refractivity contribution in [3.63, 3.8) is 0 Å². The summed E-state index contributed by atoms with van der Waals surface area (Å²) in [5.74, 6) is -2.04. The number of likely N-dealkylation sites (N-methyl/N-ethyl adjacent to an activating group) is 1. The molecule has 108 valence electrons. The van der Waals surface area contributed by atoms with Crippen molar-refractivity contribution in [2.24, 2.45) is 11.8 Å². The number of hydrogen-bond donors (Lipinski definition) is 1. The molecule has 0 bridgehead atoms. The molecular weight excluding hydrogens is 246 g/mol. The number of methoxy groups -OCH3 is 1. The monoisotopic (exact) mass is 269 g/mol. The number of aliphatic carboxylic acids is 1. The molecular formula is C14H23NO4. The van der Waals surface area contributed by atoms with E-state index < -0.39 is 17.8 Å². The summed E-state index contributed by atoms with van der Waals surface area (Å²) >= 11 is 0. The number of carboxylic acids is 1. The van der Waals surface area contributed by atoms with Gasteiger partial charge in [-0.15, -0.1) is 0 Å². The third-order valence-electron chi connectivity index (χ3n) is 3.63. The molecule has 0 aromatic heterocycles. The van der Waals surface area contributed by atoms with Crippen LogP contribution < -0.4 is 0 Å². The van der Waals surface area contributed by atoms with E-state index in [0.29, 0.717) is 26.0 Å². The van der Waals surface area contributed by atoms with Gasteiger partial charge < -0.3 is 14.7 Å². The van der Waals surface area contributed by atoms with E-state index in [0.717, 1.165) is 0 Å². The summed E-state index contributed by atoms with van der Waals surface area (Å²) in [6, 6.07) is -0.0390. The van der Waals surface area contributed by atoms with Crippen molar-refractivity contribution in [1.82, 2.24) is 4.90 Å². The van der Waals surface area contributed by atoms with Crippen LogP contribution in [-0.4, -0.2) is 48.2 Å². The maximum atomic E-state index is 12.5. The second kappa shape index (κ2) is 7.28. The van der Waals surface area contributed by atoms with Gasteiger partial charge in [-0.05, 0) is 26.7 Å². The molecule has 19 heavy (non-hydrogen) atoms. The molecule has 1 amide bonds. The highest BCUT2D eigenvalue weighted by Gasteiger charge is 2.37. The number of rotatable bonds is 6. The molecule has 0 saturated carbocycles. The number of allylic oxidation sites excluding steroid dienone is 2. The minimum atomic E-state index is -0.891. The Morgan fingerprint density at radius 1 is 1.37 bits per heavy atom.